The number of aliphatic hydroxyl groups is 3. The maximum Gasteiger partial charge on any atom is 0.0693 e. The second-order valence-electron chi connectivity index (χ2n) is 14.8. The Balaban J connectivity index is 1.50. The second-order valence-corrected chi connectivity index (χ2v) is 14.8. The first kappa shape index (κ1) is 24.5. The van der Waals surface area contributed by atoms with Crippen LogP contribution in [0.25, 0.3) is 0 Å². The fraction of sp³-hybridized carbons (Fsp3) is 1.00. The molecule has 0 amide bonds. The van der Waals surface area contributed by atoms with E-state index in [0.29, 0.717) is 17.8 Å². The van der Waals surface area contributed by atoms with Gasteiger partial charge in [-0.3, -0.25) is 0 Å². The molecule has 5 fully saturated rings. The van der Waals surface area contributed by atoms with Crippen LogP contribution in [0.4, 0.5) is 0 Å². The zero-order valence-electron chi connectivity index (χ0n) is 22.2. The molecule has 5 aliphatic rings. The first-order valence-electron chi connectivity index (χ1n) is 13.9. The van der Waals surface area contributed by atoms with E-state index < -0.39 is 0 Å². The summed E-state index contributed by atoms with van der Waals surface area (Å²) in [6.45, 7) is 16.0. The minimum Gasteiger partial charge on any atom is -0.393 e. The van der Waals surface area contributed by atoms with Gasteiger partial charge in [-0.05, 0) is 124 Å². The first-order valence-corrected chi connectivity index (χ1v) is 13.9. The Labute approximate surface area is 201 Å². The van der Waals surface area contributed by atoms with E-state index in [4.69, 9.17) is 4.74 Å². The highest BCUT2D eigenvalue weighted by Crippen LogP contribution is 2.73. The van der Waals surface area contributed by atoms with Crippen LogP contribution in [0.1, 0.15) is 106 Å². The van der Waals surface area contributed by atoms with Crippen molar-refractivity contribution in [3.63, 3.8) is 0 Å². The van der Waals surface area contributed by atoms with Crippen molar-refractivity contribution in [1.29, 1.82) is 0 Å². The van der Waals surface area contributed by atoms with Gasteiger partial charge in [0.25, 0.3) is 0 Å². The fourth-order valence-electron chi connectivity index (χ4n) is 10.7. The van der Waals surface area contributed by atoms with Crippen molar-refractivity contribution in [3.05, 3.63) is 0 Å². The predicted molar refractivity (Wildman–Crippen MR) is 131 cm³/mol. The summed E-state index contributed by atoms with van der Waals surface area (Å²) < 4.78 is 6.81. The molecule has 4 heteroatoms. The average Bonchev–Trinajstić information content (AvgIpc) is 3.06. The van der Waals surface area contributed by atoms with Gasteiger partial charge in [-0.15, -0.1) is 0 Å². The van der Waals surface area contributed by atoms with Crippen molar-refractivity contribution in [3.8, 4) is 0 Å². The van der Waals surface area contributed by atoms with E-state index in [-0.39, 0.29) is 57.6 Å². The van der Waals surface area contributed by atoms with Crippen LogP contribution in [0.15, 0.2) is 0 Å². The molecule has 5 rings (SSSR count). The van der Waals surface area contributed by atoms with E-state index in [1.165, 1.54) is 6.42 Å². The van der Waals surface area contributed by atoms with Crippen molar-refractivity contribution < 1.29 is 20.1 Å². The molecule has 0 spiro atoms. The summed E-state index contributed by atoms with van der Waals surface area (Å²) in [6.07, 6.45) is 7.99. The van der Waals surface area contributed by atoms with Crippen LogP contribution in [0, 0.1) is 45.8 Å². The van der Waals surface area contributed by atoms with Gasteiger partial charge in [0.1, 0.15) is 0 Å². The van der Waals surface area contributed by atoms with Gasteiger partial charge in [-0.25, -0.2) is 0 Å². The summed E-state index contributed by atoms with van der Waals surface area (Å²) >= 11 is 0. The molecular weight excluding hydrogens is 412 g/mol. The average molecular weight is 463 g/mol. The Bertz CT molecular complexity index is 778. The monoisotopic (exact) mass is 462 g/mol. The SMILES string of the molecule is CC1(C)CCC[C@@](C)([C@@H]2CC[C@@]3(C)[C@H]2[C@@H](O)C[C@H]2[C@@H]4CC[C@@H](O)C(C)(C)[C@H]4[C@@H](O)C[C@@]23C)O1. The molecule has 0 aromatic heterocycles. The number of hydrogen-bond acceptors (Lipinski definition) is 4. The summed E-state index contributed by atoms with van der Waals surface area (Å²) in [6, 6.07) is 0. The van der Waals surface area contributed by atoms with Gasteiger partial charge < -0.3 is 20.1 Å². The minimum absolute atomic E-state index is 0.000115. The topological polar surface area (TPSA) is 69.9 Å². The molecule has 11 atom stereocenters. The molecule has 4 saturated carbocycles. The van der Waals surface area contributed by atoms with Crippen LogP contribution in [0.2, 0.25) is 0 Å². The molecule has 0 bridgehead atoms. The van der Waals surface area contributed by atoms with Gasteiger partial charge in [0.05, 0.1) is 29.5 Å². The molecular formula is C29H50O4. The molecule has 0 aromatic rings. The lowest BCUT2D eigenvalue weighted by Gasteiger charge is -2.68. The maximum absolute atomic E-state index is 11.8. The highest BCUT2D eigenvalue weighted by molar-refractivity contribution is 5.19. The van der Waals surface area contributed by atoms with E-state index in [1.54, 1.807) is 0 Å². The highest BCUT2D eigenvalue weighted by Gasteiger charge is 2.70. The Kier molecular flexibility index (Phi) is 5.52. The lowest BCUT2D eigenvalue weighted by atomic mass is 9.38. The van der Waals surface area contributed by atoms with Crippen molar-refractivity contribution in [1.82, 2.24) is 0 Å². The number of ether oxygens (including phenoxy) is 1. The van der Waals surface area contributed by atoms with Crippen LogP contribution >= 0.6 is 0 Å². The lowest BCUT2D eigenvalue weighted by molar-refractivity contribution is -0.254. The summed E-state index contributed by atoms with van der Waals surface area (Å²) in [5, 5.41) is 34.2. The van der Waals surface area contributed by atoms with Crippen LogP contribution in [-0.4, -0.2) is 44.8 Å². The molecule has 1 heterocycles. The zero-order chi connectivity index (χ0) is 24.2. The van der Waals surface area contributed by atoms with Crippen molar-refractivity contribution in [2.24, 2.45) is 45.8 Å². The third-order valence-electron chi connectivity index (χ3n) is 12.4. The number of aliphatic hydroxyl groups excluding tert-OH is 3. The standard InChI is InChI=1S/C29H50O4/c1-25(2)12-8-13-29(7,33-25)18-11-14-27(5)24(18)20(30)15-19-17-9-10-22(32)26(3,4)23(17)21(31)16-28(19,27)6/h17-24,30-32H,8-16H2,1-7H3/t17-,18+,19-,20-,21-,22+,23+,24+,27-,28-,29-/m0/s1. The summed E-state index contributed by atoms with van der Waals surface area (Å²) in [5.74, 6) is 1.50. The van der Waals surface area contributed by atoms with Gasteiger partial charge in [0.2, 0.25) is 0 Å². The summed E-state index contributed by atoms with van der Waals surface area (Å²) in [5.41, 5.74) is -0.549. The van der Waals surface area contributed by atoms with Crippen LogP contribution in [0.3, 0.4) is 0 Å². The predicted octanol–water partition coefficient (Wildman–Crippen LogP) is 5.32. The number of fused-ring (bicyclic) bond motifs is 5. The normalized spacial score (nSPS) is 57.6. The molecule has 0 unspecified atom stereocenters. The van der Waals surface area contributed by atoms with Gasteiger partial charge in [-0.1, -0.05) is 27.7 Å². The Morgan fingerprint density at radius 2 is 1.39 bits per heavy atom. The molecule has 1 aliphatic heterocycles. The Morgan fingerprint density at radius 1 is 0.697 bits per heavy atom. The van der Waals surface area contributed by atoms with Crippen molar-refractivity contribution >= 4 is 0 Å². The lowest BCUT2D eigenvalue weighted by Crippen LogP contribution is -2.66. The van der Waals surface area contributed by atoms with Crippen molar-refractivity contribution in [2.45, 2.75) is 136 Å². The molecule has 33 heavy (non-hydrogen) atoms. The first-order chi connectivity index (χ1) is 15.2. The van der Waals surface area contributed by atoms with Gasteiger partial charge in [-0.2, -0.15) is 0 Å². The van der Waals surface area contributed by atoms with E-state index in [2.05, 4.69) is 48.5 Å². The Morgan fingerprint density at radius 3 is 2.06 bits per heavy atom. The fourth-order valence-corrected chi connectivity index (χ4v) is 10.7. The third kappa shape index (κ3) is 3.29. The second kappa shape index (κ2) is 7.43. The molecule has 0 aromatic carbocycles. The van der Waals surface area contributed by atoms with Crippen molar-refractivity contribution in [2.75, 3.05) is 0 Å². The summed E-state index contributed by atoms with van der Waals surface area (Å²) in [7, 11) is 0. The molecule has 3 N–H and O–H groups in total. The minimum atomic E-state index is -0.381. The quantitative estimate of drug-likeness (QED) is 0.493. The zero-order valence-corrected chi connectivity index (χ0v) is 22.2. The van der Waals surface area contributed by atoms with Crippen LogP contribution in [0.5, 0.6) is 0 Å². The third-order valence-corrected chi connectivity index (χ3v) is 12.4. The van der Waals surface area contributed by atoms with E-state index in [0.717, 1.165) is 51.4 Å². The molecule has 0 radical (unpaired) electrons. The molecule has 190 valence electrons. The number of hydrogen-bond donors (Lipinski definition) is 3. The summed E-state index contributed by atoms with van der Waals surface area (Å²) in [4.78, 5) is 0. The number of rotatable bonds is 1. The van der Waals surface area contributed by atoms with Gasteiger partial charge in [0.15, 0.2) is 0 Å². The Hall–Kier alpha value is -0.160. The van der Waals surface area contributed by atoms with E-state index in [9.17, 15) is 15.3 Å². The molecule has 4 nitrogen and oxygen atoms in total. The molecule has 4 aliphatic carbocycles. The molecule has 1 saturated heterocycles. The highest BCUT2D eigenvalue weighted by atomic mass is 16.5. The smallest absolute Gasteiger partial charge is 0.0693 e. The maximum atomic E-state index is 11.8. The van der Waals surface area contributed by atoms with E-state index in [1.807, 2.05) is 0 Å². The van der Waals surface area contributed by atoms with Gasteiger partial charge >= 0.3 is 0 Å². The van der Waals surface area contributed by atoms with Crippen LogP contribution < -0.4 is 0 Å². The van der Waals surface area contributed by atoms with Crippen LogP contribution in [-0.2, 0) is 4.74 Å². The van der Waals surface area contributed by atoms with Gasteiger partial charge in [0, 0.05) is 0 Å². The van der Waals surface area contributed by atoms with E-state index >= 15 is 0 Å². The largest absolute Gasteiger partial charge is 0.393 e.